The number of carboxylic acid groups (broad SMARTS) is 1. The van der Waals surface area contributed by atoms with Crippen molar-refractivity contribution in [1.82, 2.24) is 9.97 Å². The number of benzene rings is 2. The van der Waals surface area contributed by atoms with Crippen LogP contribution in [0.3, 0.4) is 0 Å². The smallest absolute Gasteiger partial charge is 0.416 e. The van der Waals surface area contributed by atoms with E-state index < -0.39 is 17.7 Å². The van der Waals surface area contributed by atoms with E-state index in [-0.39, 0.29) is 15.5 Å². The first-order valence-corrected chi connectivity index (χ1v) is 8.17. The number of aromatic nitrogens is 2. The lowest BCUT2D eigenvalue weighted by Gasteiger charge is -2.10. The van der Waals surface area contributed by atoms with Crippen LogP contribution in [0.5, 0.6) is 0 Å². The molecular formula is C18H11F3N2O2S. The lowest BCUT2D eigenvalue weighted by Crippen LogP contribution is -2.05. The van der Waals surface area contributed by atoms with Crippen molar-refractivity contribution in [3.63, 3.8) is 0 Å². The number of aromatic carboxylic acids is 1. The molecule has 0 saturated heterocycles. The predicted octanol–water partition coefficient (Wildman–Crippen LogP) is 5.01. The summed E-state index contributed by atoms with van der Waals surface area (Å²) in [5.41, 5.74) is -0.306. The molecule has 26 heavy (non-hydrogen) atoms. The molecular weight excluding hydrogens is 365 g/mol. The van der Waals surface area contributed by atoms with E-state index in [1.54, 1.807) is 24.3 Å². The Kier molecular flexibility index (Phi) is 4.94. The van der Waals surface area contributed by atoms with Crippen molar-refractivity contribution in [1.29, 1.82) is 0 Å². The first kappa shape index (κ1) is 17.9. The molecule has 4 nitrogen and oxygen atoms in total. The van der Waals surface area contributed by atoms with Gasteiger partial charge in [0.2, 0.25) is 0 Å². The van der Waals surface area contributed by atoms with Crippen LogP contribution in [-0.4, -0.2) is 21.0 Å². The SMILES string of the molecule is O=C(O)c1cnc(-c2ccccc2)nc1Sc1cccc(C(F)(F)F)c1. The molecule has 0 atom stereocenters. The van der Waals surface area contributed by atoms with Gasteiger partial charge in [-0.1, -0.05) is 48.2 Å². The third-order valence-electron chi connectivity index (χ3n) is 3.39. The number of hydrogen-bond acceptors (Lipinski definition) is 4. The van der Waals surface area contributed by atoms with Crippen molar-refractivity contribution >= 4 is 17.7 Å². The standard InChI is InChI=1S/C18H11F3N2O2S/c19-18(20,21)12-7-4-8-13(9-12)26-16-14(17(24)25)10-22-15(23-16)11-5-2-1-3-6-11/h1-10H,(H,24,25). The molecule has 1 N–H and O–H groups in total. The Morgan fingerprint density at radius 3 is 2.42 bits per heavy atom. The molecule has 0 aliphatic heterocycles. The lowest BCUT2D eigenvalue weighted by atomic mass is 10.2. The second-order valence-corrected chi connectivity index (χ2v) is 6.27. The summed E-state index contributed by atoms with van der Waals surface area (Å²) in [6, 6.07) is 13.5. The van der Waals surface area contributed by atoms with Gasteiger partial charge in [0.05, 0.1) is 5.56 Å². The highest BCUT2D eigenvalue weighted by molar-refractivity contribution is 7.99. The van der Waals surface area contributed by atoms with E-state index in [0.29, 0.717) is 11.4 Å². The van der Waals surface area contributed by atoms with Crippen LogP contribution in [0.25, 0.3) is 11.4 Å². The molecule has 0 aliphatic carbocycles. The molecule has 1 aromatic heterocycles. The molecule has 0 unspecified atom stereocenters. The lowest BCUT2D eigenvalue weighted by molar-refractivity contribution is -0.137. The van der Waals surface area contributed by atoms with E-state index >= 15 is 0 Å². The fraction of sp³-hybridized carbons (Fsp3) is 0.0556. The highest BCUT2D eigenvalue weighted by Gasteiger charge is 2.30. The number of hydrogen-bond donors (Lipinski definition) is 1. The van der Waals surface area contributed by atoms with Crippen LogP contribution >= 0.6 is 11.8 Å². The van der Waals surface area contributed by atoms with Crippen LogP contribution in [0.2, 0.25) is 0 Å². The van der Waals surface area contributed by atoms with Gasteiger partial charge in [-0.3, -0.25) is 0 Å². The zero-order chi connectivity index (χ0) is 18.7. The van der Waals surface area contributed by atoms with Crippen LogP contribution < -0.4 is 0 Å². The molecule has 8 heteroatoms. The summed E-state index contributed by atoms with van der Waals surface area (Å²) >= 11 is 0.850. The van der Waals surface area contributed by atoms with Gasteiger partial charge >= 0.3 is 12.1 Å². The Hall–Kier alpha value is -2.87. The summed E-state index contributed by atoms with van der Waals surface area (Å²) in [6.45, 7) is 0. The Balaban J connectivity index is 2.02. The van der Waals surface area contributed by atoms with Crippen LogP contribution in [-0.2, 0) is 6.18 Å². The summed E-state index contributed by atoms with van der Waals surface area (Å²) in [5, 5.41) is 9.39. The van der Waals surface area contributed by atoms with E-state index in [0.717, 1.165) is 30.1 Å². The van der Waals surface area contributed by atoms with E-state index in [4.69, 9.17) is 0 Å². The maximum absolute atomic E-state index is 12.9. The number of halogens is 3. The molecule has 1 heterocycles. The molecule has 0 spiro atoms. The second-order valence-electron chi connectivity index (χ2n) is 5.21. The van der Waals surface area contributed by atoms with Crippen molar-refractivity contribution in [2.24, 2.45) is 0 Å². The number of alkyl halides is 3. The first-order valence-electron chi connectivity index (χ1n) is 7.35. The van der Waals surface area contributed by atoms with Crippen molar-refractivity contribution in [3.8, 4) is 11.4 Å². The third-order valence-corrected chi connectivity index (χ3v) is 4.39. The largest absolute Gasteiger partial charge is 0.478 e. The Bertz CT molecular complexity index is 947. The molecule has 3 aromatic rings. The van der Waals surface area contributed by atoms with Gasteiger partial charge in [-0.15, -0.1) is 0 Å². The molecule has 132 valence electrons. The monoisotopic (exact) mass is 376 g/mol. The van der Waals surface area contributed by atoms with Crippen molar-refractivity contribution in [2.75, 3.05) is 0 Å². The number of nitrogens with zero attached hydrogens (tertiary/aromatic N) is 2. The minimum Gasteiger partial charge on any atom is -0.478 e. The van der Waals surface area contributed by atoms with Crippen LogP contribution in [0.4, 0.5) is 13.2 Å². The van der Waals surface area contributed by atoms with Crippen molar-refractivity contribution in [3.05, 3.63) is 71.9 Å². The third kappa shape index (κ3) is 4.02. The number of carboxylic acids is 1. The fourth-order valence-corrected chi connectivity index (χ4v) is 3.10. The summed E-state index contributed by atoms with van der Waals surface area (Å²) < 4.78 is 38.6. The predicted molar refractivity (Wildman–Crippen MR) is 90.0 cm³/mol. The zero-order valence-electron chi connectivity index (χ0n) is 13.1. The van der Waals surface area contributed by atoms with Crippen LogP contribution in [0, 0.1) is 0 Å². The first-order chi connectivity index (χ1) is 12.3. The Morgan fingerprint density at radius 1 is 1.04 bits per heavy atom. The topological polar surface area (TPSA) is 63.1 Å². The number of rotatable bonds is 4. The van der Waals surface area contributed by atoms with Gasteiger partial charge in [-0.25, -0.2) is 14.8 Å². The molecule has 0 fully saturated rings. The molecule has 2 aromatic carbocycles. The molecule has 0 aliphatic rings. The average Bonchev–Trinajstić information content (AvgIpc) is 2.62. The highest BCUT2D eigenvalue weighted by Crippen LogP contribution is 2.35. The van der Waals surface area contributed by atoms with E-state index in [1.807, 2.05) is 6.07 Å². The summed E-state index contributed by atoms with van der Waals surface area (Å²) in [5.74, 6) is -0.954. The molecule has 0 bridgehead atoms. The van der Waals surface area contributed by atoms with Gasteiger partial charge in [0.15, 0.2) is 5.82 Å². The van der Waals surface area contributed by atoms with E-state index in [1.165, 1.54) is 12.1 Å². The number of carbonyl (C=O) groups is 1. The summed E-state index contributed by atoms with van der Waals surface area (Å²) in [7, 11) is 0. The van der Waals surface area contributed by atoms with Gasteiger partial charge in [0, 0.05) is 16.7 Å². The summed E-state index contributed by atoms with van der Waals surface area (Å²) in [4.78, 5) is 19.9. The minimum atomic E-state index is -4.48. The van der Waals surface area contributed by atoms with Crippen LogP contribution in [0.1, 0.15) is 15.9 Å². The molecule has 0 amide bonds. The normalized spacial score (nSPS) is 11.3. The fourth-order valence-electron chi connectivity index (χ4n) is 2.16. The quantitative estimate of drug-likeness (QED) is 0.649. The maximum Gasteiger partial charge on any atom is 0.416 e. The van der Waals surface area contributed by atoms with E-state index in [9.17, 15) is 23.1 Å². The minimum absolute atomic E-state index is 0.0747. The van der Waals surface area contributed by atoms with Crippen molar-refractivity contribution < 1.29 is 23.1 Å². The average molecular weight is 376 g/mol. The van der Waals surface area contributed by atoms with Crippen LogP contribution in [0.15, 0.2) is 70.7 Å². The van der Waals surface area contributed by atoms with Gasteiger partial charge in [0.1, 0.15) is 10.6 Å². The van der Waals surface area contributed by atoms with Crippen molar-refractivity contribution in [2.45, 2.75) is 16.1 Å². The molecule has 0 radical (unpaired) electrons. The Labute approximate surface area is 150 Å². The molecule has 0 saturated carbocycles. The van der Waals surface area contributed by atoms with Gasteiger partial charge in [0.25, 0.3) is 0 Å². The van der Waals surface area contributed by atoms with Gasteiger partial charge in [-0.05, 0) is 18.2 Å². The molecule has 3 rings (SSSR count). The highest BCUT2D eigenvalue weighted by atomic mass is 32.2. The maximum atomic E-state index is 12.9. The van der Waals surface area contributed by atoms with Gasteiger partial charge < -0.3 is 5.11 Å². The Morgan fingerprint density at radius 2 is 1.77 bits per heavy atom. The second kappa shape index (κ2) is 7.17. The zero-order valence-corrected chi connectivity index (χ0v) is 13.9. The summed E-state index contributed by atoms with van der Waals surface area (Å²) in [6.07, 6.45) is -3.32. The van der Waals surface area contributed by atoms with Gasteiger partial charge in [-0.2, -0.15) is 13.2 Å². The van der Waals surface area contributed by atoms with E-state index in [2.05, 4.69) is 9.97 Å².